The number of para-hydroxylation sites is 1. The number of thiazole rings is 1. The van der Waals surface area contributed by atoms with Gasteiger partial charge in [0, 0.05) is 16.0 Å². The van der Waals surface area contributed by atoms with Gasteiger partial charge in [0.05, 0.1) is 11.9 Å². The van der Waals surface area contributed by atoms with Crippen molar-refractivity contribution in [3.05, 3.63) is 94.9 Å². The van der Waals surface area contributed by atoms with Crippen LogP contribution < -0.4 is 9.61 Å². The quantitative estimate of drug-likeness (QED) is 0.218. The van der Waals surface area contributed by atoms with Gasteiger partial charge in [0.25, 0.3) is 0 Å². The van der Waals surface area contributed by atoms with Gasteiger partial charge in [-0.1, -0.05) is 60.2 Å². The Morgan fingerprint density at radius 1 is 0.938 bits per heavy atom. The summed E-state index contributed by atoms with van der Waals surface area (Å²) in [5.41, 5.74) is 6.36. The van der Waals surface area contributed by atoms with E-state index in [1.165, 1.54) is 29.7 Å². The normalized spacial score (nSPS) is 11.6. The van der Waals surface area contributed by atoms with Gasteiger partial charge in [0.15, 0.2) is 5.75 Å². The molecule has 0 fully saturated rings. The van der Waals surface area contributed by atoms with Crippen molar-refractivity contribution in [2.75, 3.05) is 5.43 Å². The van der Waals surface area contributed by atoms with Crippen molar-refractivity contribution in [2.45, 2.75) is 18.7 Å². The van der Waals surface area contributed by atoms with Crippen LogP contribution in [0.1, 0.15) is 16.0 Å². The summed E-state index contributed by atoms with van der Waals surface area (Å²) in [7, 11) is -3.96. The third kappa shape index (κ3) is 5.04. The van der Waals surface area contributed by atoms with Gasteiger partial charge >= 0.3 is 10.1 Å². The highest BCUT2D eigenvalue weighted by atomic mass is 32.2. The summed E-state index contributed by atoms with van der Waals surface area (Å²) in [4.78, 5) is 5.77. The molecule has 0 spiro atoms. The van der Waals surface area contributed by atoms with E-state index in [0.29, 0.717) is 10.7 Å². The predicted molar refractivity (Wildman–Crippen MR) is 129 cm³/mol. The minimum absolute atomic E-state index is 0.0969. The molecule has 0 saturated carbocycles. The first kappa shape index (κ1) is 21.7. The Labute approximate surface area is 191 Å². The third-order valence-corrected chi connectivity index (χ3v) is 6.76. The fourth-order valence-electron chi connectivity index (χ4n) is 3.00. The van der Waals surface area contributed by atoms with Gasteiger partial charge in [-0.15, -0.1) is 11.3 Å². The fraction of sp³-hybridized carbons (Fsp3) is 0.0833. The third-order valence-electron chi connectivity index (χ3n) is 4.64. The number of nitrogens with one attached hydrogen (secondary N) is 1. The molecule has 4 aromatic rings. The zero-order valence-corrected chi connectivity index (χ0v) is 19.2. The second-order valence-corrected chi connectivity index (χ2v) is 9.80. The number of hydrogen-bond donors (Lipinski definition) is 1. The zero-order valence-electron chi connectivity index (χ0n) is 17.5. The van der Waals surface area contributed by atoms with Gasteiger partial charge in [-0.25, -0.2) is 4.98 Å². The van der Waals surface area contributed by atoms with E-state index in [9.17, 15) is 8.42 Å². The second-order valence-electron chi connectivity index (χ2n) is 7.05. The van der Waals surface area contributed by atoms with E-state index in [0.717, 1.165) is 21.7 Å². The summed E-state index contributed by atoms with van der Waals surface area (Å²) in [6.45, 7) is 3.90. The molecular weight excluding hydrogens is 442 g/mol. The number of hydrogen-bond acceptors (Lipinski definition) is 7. The second kappa shape index (κ2) is 9.33. The fourth-order valence-corrected chi connectivity index (χ4v) is 4.74. The summed E-state index contributed by atoms with van der Waals surface area (Å²) in [5, 5.41) is 4.87. The van der Waals surface area contributed by atoms with E-state index in [1.807, 2.05) is 44.2 Å². The molecule has 1 aromatic heterocycles. The lowest BCUT2D eigenvalue weighted by atomic mass is 10.1. The summed E-state index contributed by atoms with van der Waals surface area (Å²) >= 11 is 1.49. The molecular formula is C24H21N3O3S2. The maximum Gasteiger partial charge on any atom is 0.339 e. The molecule has 162 valence electrons. The van der Waals surface area contributed by atoms with Crippen LogP contribution in [0.4, 0.5) is 5.13 Å². The van der Waals surface area contributed by atoms with Gasteiger partial charge in [-0.2, -0.15) is 13.5 Å². The van der Waals surface area contributed by atoms with Crippen LogP contribution in [-0.2, 0) is 10.1 Å². The summed E-state index contributed by atoms with van der Waals surface area (Å²) < 4.78 is 30.7. The standard InChI is InChI=1S/C24H21N3O3S2/c1-17-12-14-21(15-13-17)32(28,29)30-22-11-7-6-10-20(22)16-25-27-24-26-23(18(2)31-24)19-8-4-3-5-9-19/h3-16H,1-2H3,(H,26,27)/b25-16-. The maximum absolute atomic E-state index is 12.6. The molecule has 0 saturated heterocycles. The lowest BCUT2D eigenvalue weighted by molar-refractivity contribution is 0.485. The predicted octanol–water partition coefficient (Wildman–Crippen LogP) is 5.64. The number of anilines is 1. The average Bonchev–Trinajstić information content (AvgIpc) is 3.16. The van der Waals surface area contributed by atoms with Crippen molar-refractivity contribution >= 4 is 32.8 Å². The molecule has 32 heavy (non-hydrogen) atoms. The van der Waals surface area contributed by atoms with Crippen molar-refractivity contribution in [1.29, 1.82) is 0 Å². The Bertz CT molecular complexity index is 1350. The van der Waals surface area contributed by atoms with Crippen LogP contribution in [-0.4, -0.2) is 19.6 Å². The Balaban J connectivity index is 1.51. The molecule has 1 N–H and O–H groups in total. The highest BCUT2D eigenvalue weighted by Crippen LogP contribution is 2.30. The molecule has 4 rings (SSSR count). The van der Waals surface area contributed by atoms with E-state index < -0.39 is 10.1 Å². The zero-order chi connectivity index (χ0) is 22.6. The van der Waals surface area contributed by atoms with Gasteiger partial charge in [0.1, 0.15) is 4.90 Å². The van der Waals surface area contributed by atoms with Gasteiger partial charge in [-0.05, 0) is 38.1 Å². The van der Waals surface area contributed by atoms with E-state index in [4.69, 9.17) is 4.18 Å². The number of rotatable bonds is 7. The molecule has 0 unspecified atom stereocenters. The molecule has 6 nitrogen and oxygen atoms in total. The summed E-state index contributed by atoms with van der Waals surface area (Å²) in [6, 6.07) is 23.3. The number of aromatic nitrogens is 1. The smallest absolute Gasteiger partial charge is 0.339 e. The van der Waals surface area contributed by atoms with Crippen LogP contribution in [0.3, 0.4) is 0 Å². The van der Waals surface area contributed by atoms with E-state index in [1.54, 1.807) is 36.4 Å². The van der Waals surface area contributed by atoms with Crippen LogP contribution in [0.15, 0.2) is 88.9 Å². The minimum atomic E-state index is -3.96. The molecule has 0 aliphatic rings. The van der Waals surface area contributed by atoms with Gasteiger partial charge in [-0.3, -0.25) is 5.43 Å². The van der Waals surface area contributed by atoms with E-state index >= 15 is 0 Å². The molecule has 0 bridgehead atoms. The Morgan fingerprint density at radius 3 is 2.38 bits per heavy atom. The molecule has 0 aliphatic carbocycles. The Morgan fingerprint density at radius 2 is 1.62 bits per heavy atom. The van der Waals surface area contributed by atoms with Crippen molar-refractivity contribution < 1.29 is 12.6 Å². The lowest BCUT2D eigenvalue weighted by Crippen LogP contribution is -2.11. The van der Waals surface area contributed by atoms with Crippen molar-refractivity contribution in [3.63, 3.8) is 0 Å². The first-order valence-electron chi connectivity index (χ1n) is 9.84. The number of nitrogens with zero attached hydrogens (tertiary/aromatic N) is 2. The van der Waals surface area contributed by atoms with Crippen LogP contribution in [0.2, 0.25) is 0 Å². The number of hydrazone groups is 1. The Hall–Kier alpha value is -3.49. The molecule has 0 aliphatic heterocycles. The average molecular weight is 464 g/mol. The lowest BCUT2D eigenvalue weighted by Gasteiger charge is -2.09. The van der Waals surface area contributed by atoms with Crippen LogP contribution in [0.25, 0.3) is 11.3 Å². The number of aryl methyl sites for hydroxylation is 2. The van der Waals surface area contributed by atoms with Crippen molar-refractivity contribution in [3.8, 4) is 17.0 Å². The largest absolute Gasteiger partial charge is 0.378 e. The molecule has 1 heterocycles. The molecule has 0 radical (unpaired) electrons. The van der Waals surface area contributed by atoms with Crippen LogP contribution >= 0.6 is 11.3 Å². The SMILES string of the molecule is Cc1ccc(S(=O)(=O)Oc2ccccc2/C=N\Nc2nc(-c3ccccc3)c(C)s2)cc1. The minimum Gasteiger partial charge on any atom is -0.378 e. The maximum atomic E-state index is 12.6. The van der Waals surface area contributed by atoms with Crippen LogP contribution in [0.5, 0.6) is 5.75 Å². The van der Waals surface area contributed by atoms with E-state index in [2.05, 4.69) is 15.5 Å². The molecule has 8 heteroatoms. The van der Waals surface area contributed by atoms with E-state index in [-0.39, 0.29) is 10.6 Å². The molecule has 0 amide bonds. The molecule has 3 aromatic carbocycles. The first-order chi connectivity index (χ1) is 15.4. The topological polar surface area (TPSA) is 80.7 Å². The highest BCUT2D eigenvalue weighted by molar-refractivity contribution is 7.87. The van der Waals surface area contributed by atoms with Crippen molar-refractivity contribution in [2.24, 2.45) is 5.10 Å². The van der Waals surface area contributed by atoms with Crippen molar-refractivity contribution in [1.82, 2.24) is 4.98 Å². The van der Waals surface area contributed by atoms with Gasteiger partial charge < -0.3 is 4.18 Å². The van der Waals surface area contributed by atoms with Gasteiger partial charge in [0.2, 0.25) is 5.13 Å². The summed E-state index contributed by atoms with van der Waals surface area (Å²) in [6.07, 6.45) is 1.51. The monoisotopic (exact) mass is 463 g/mol. The first-order valence-corrected chi connectivity index (χ1v) is 12.1. The van der Waals surface area contributed by atoms with Crippen LogP contribution in [0, 0.1) is 13.8 Å². The highest BCUT2D eigenvalue weighted by Gasteiger charge is 2.18. The molecule has 0 atom stereocenters. The Kier molecular flexibility index (Phi) is 6.34. The number of benzene rings is 3. The summed E-state index contributed by atoms with van der Waals surface area (Å²) in [5.74, 6) is 0.193.